The van der Waals surface area contributed by atoms with Gasteiger partial charge in [-0.15, -0.1) is 0 Å². The molecule has 4 aromatic rings. The molecule has 2 aromatic carbocycles. The van der Waals surface area contributed by atoms with Crippen LogP contribution in [0.25, 0.3) is 22.4 Å². The highest BCUT2D eigenvalue weighted by Gasteiger charge is 2.31. The number of thioether (sulfide) groups is 1. The number of aromatic nitrogens is 2. The van der Waals surface area contributed by atoms with Gasteiger partial charge < -0.3 is 14.1 Å². The zero-order valence-corrected chi connectivity index (χ0v) is 18.2. The average Bonchev–Trinajstić information content (AvgIpc) is 3.45. The number of carbonyl (C=O) groups is 2. The topological polar surface area (TPSA) is 97.2 Å². The number of hydrogen-bond acceptors (Lipinski definition) is 6. The van der Waals surface area contributed by atoms with Crippen LogP contribution in [0.4, 0.5) is 4.79 Å². The van der Waals surface area contributed by atoms with Crippen molar-refractivity contribution in [3.05, 3.63) is 71.7 Å². The molecule has 1 atom stereocenters. The predicted molar refractivity (Wildman–Crippen MR) is 123 cm³/mol. The van der Waals surface area contributed by atoms with Gasteiger partial charge in [-0.05, 0) is 43.3 Å². The Morgan fingerprint density at radius 1 is 1.12 bits per heavy atom. The monoisotopic (exact) mass is 447 g/mol. The molecule has 1 saturated heterocycles. The molecule has 1 aliphatic rings. The number of fused-ring (bicyclic) bond motifs is 1. The summed E-state index contributed by atoms with van der Waals surface area (Å²) >= 11 is 1.03. The maximum absolute atomic E-state index is 11.8. The van der Waals surface area contributed by atoms with Crippen molar-refractivity contribution < 1.29 is 18.7 Å². The van der Waals surface area contributed by atoms with Gasteiger partial charge in [-0.3, -0.25) is 14.9 Å². The molecule has 162 valence electrons. The third-order valence-corrected chi connectivity index (χ3v) is 6.32. The van der Waals surface area contributed by atoms with E-state index >= 15 is 0 Å². The predicted octanol–water partition coefficient (Wildman–Crippen LogP) is 4.65. The number of hydrogen-bond donors (Lipinski definition) is 2. The summed E-state index contributed by atoms with van der Waals surface area (Å²) in [6, 6.07) is 17.7. The van der Waals surface area contributed by atoms with Crippen molar-refractivity contribution in [2.75, 3.05) is 6.61 Å². The van der Waals surface area contributed by atoms with Gasteiger partial charge in [0.2, 0.25) is 11.8 Å². The van der Waals surface area contributed by atoms with E-state index in [-0.39, 0.29) is 11.1 Å². The molecular formula is C24H21N3O4S. The summed E-state index contributed by atoms with van der Waals surface area (Å²) in [6.07, 6.45) is 1.11. The molecule has 0 radical (unpaired) electrons. The van der Waals surface area contributed by atoms with Crippen LogP contribution < -0.4 is 10.1 Å². The number of aryl methyl sites for hydroxylation is 1. The minimum atomic E-state index is -0.391. The fourth-order valence-corrected chi connectivity index (χ4v) is 4.57. The Bertz CT molecular complexity index is 1300. The van der Waals surface area contributed by atoms with Crippen molar-refractivity contribution in [1.82, 2.24) is 15.3 Å². The number of carbonyl (C=O) groups excluding carboxylic acids is 2. The van der Waals surface area contributed by atoms with E-state index in [1.807, 2.05) is 61.5 Å². The first-order valence-electron chi connectivity index (χ1n) is 10.3. The van der Waals surface area contributed by atoms with Crippen molar-refractivity contribution >= 4 is 33.8 Å². The molecule has 1 fully saturated rings. The Labute approximate surface area is 188 Å². The summed E-state index contributed by atoms with van der Waals surface area (Å²) in [4.78, 5) is 31.1. The molecule has 1 aliphatic heterocycles. The SMILES string of the molecule is Cc1oc(-c2ccccc2)nc1CCOc1ccc2[nH]c(CC3SC(=O)NC3=O)cc2c1. The maximum atomic E-state index is 11.8. The van der Waals surface area contributed by atoms with Gasteiger partial charge in [-0.25, -0.2) is 4.98 Å². The second kappa shape index (κ2) is 8.55. The van der Waals surface area contributed by atoms with Gasteiger partial charge in [0, 0.05) is 35.0 Å². The normalized spacial score (nSPS) is 16.0. The zero-order chi connectivity index (χ0) is 22.1. The van der Waals surface area contributed by atoms with Crippen molar-refractivity contribution in [2.45, 2.75) is 25.0 Å². The quantitative estimate of drug-likeness (QED) is 0.428. The molecule has 0 bridgehead atoms. The van der Waals surface area contributed by atoms with Crippen molar-refractivity contribution in [2.24, 2.45) is 0 Å². The van der Waals surface area contributed by atoms with Crippen LogP contribution in [0.2, 0.25) is 0 Å². The van der Waals surface area contributed by atoms with E-state index in [4.69, 9.17) is 9.15 Å². The van der Waals surface area contributed by atoms with Gasteiger partial charge >= 0.3 is 0 Å². The van der Waals surface area contributed by atoms with Crippen LogP contribution in [0.1, 0.15) is 17.1 Å². The van der Waals surface area contributed by atoms with Crippen molar-refractivity contribution in [1.29, 1.82) is 0 Å². The van der Waals surface area contributed by atoms with Gasteiger partial charge in [-0.2, -0.15) is 0 Å². The van der Waals surface area contributed by atoms with Crippen LogP contribution in [-0.4, -0.2) is 33.0 Å². The van der Waals surface area contributed by atoms with Crippen LogP contribution in [0.3, 0.4) is 0 Å². The molecular weight excluding hydrogens is 426 g/mol. The van der Waals surface area contributed by atoms with E-state index in [1.54, 1.807) is 0 Å². The standard InChI is InChI=1S/C24H21N3O4S/c1-14-19(26-23(31-14)15-5-3-2-4-6-15)9-10-30-18-7-8-20-16(12-18)11-17(25-20)13-21-22(28)27-24(29)32-21/h2-8,11-12,21,25H,9-10,13H2,1H3,(H,27,28,29). The highest BCUT2D eigenvalue weighted by atomic mass is 32.2. The minimum absolute atomic E-state index is 0.235. The first-order valence-corrected chi connectivity index (χ1v) is 11.2. The molecule has 0 spiro atoms. The van der Waals surface area contributed by atoms with Gasteiger partial charge in [0.05, 0.1) is 17.6 Å². The molecule has 2 amide bonds. The fraction of sp³-hybridized carbons (Fsp3) is 0.208. The van der Waals surface area contributed by atoms with Gasteiger partial charge in [0.15, 0.2) is 0 Å². The highest BCUT2D eigenvalue weighted by Crippen LogP contribution is 2.27. The number of nitrogens with zero attached hydrogens (tertiary/aromatic N) is 1. The lowest BCUT2D eigenvalue weighted by Gasteiger charge is -2.05. The maximum Gasteiger partial charge on any atom is 0.286 e. The summed E-state index contributed by atoms with van der Waals surface area (Å²) in [5.74, 6) is 1.94. The second-order valence-electron chi connectivity index (χ2n) is 7.62. The van der Waals surface area contributed by atoms with Gasteiger partial charge in [0.1, 0.15) is 11.5 Å². The first-order chi connectivity index (χ1) is 15.5. The van der Waals surface area contributed by atoms with Gasteiger partial charge in [0.25, 0.3) is 5.24 Å². The van der Waals surface area contributed by atoms with E-state index in [9.17, 15) is 9.59 Å². The third kappa shape index (κ3) is 4.27. The summed E-state index contributed by atoms with van der Waals surface area (Å²) < 4.78 is 11.8. The first kappa shape index (κ1) is 20.4. The Hall–Kier alpha value is -3.52. The lowest BCUT2D eigenvalue weighted by atomic mass is 10.2. The number of amides is 2. The third-order valence-electron chi connectivity index (χ3n) is 5.34. The van der Waals surface area contributed by atoms with Crippen molar-refractivity contribution in [3.63, 3.8) is 0 Å². The molecule has 0 saturated carbocycles. The second-order valence-corrected chi connectivity index (χ2v) is 8.79. The molecule has 1 unspecified atom stereocenters. The zero-order valence-electron chi connectivity index (χ0n) is 17.4. The lowest BCUT2D eigenvalue weighted by molar-refractivity contribution is -0.118. The summed E-state index contributed by atoms with van der Waals surface area (Å²) in [5, 5.41) is 2.64. The Morgan fingerprint density at radius 3 is 2.75 bits per heavy atom. The average molecular weight is 448 g/mol. The number of benzene rings is 2. The van der Waals surface area contributed by atoms with Gasteiger partial charge in [-0.1, -0.05) is 30.0 Å². The van der Waals surface area contributed by atoms with E-state index in [0.717, 1.165) is 51.1 Å². The molecule has 0 aliphatic carbocycles. The van der Waals surface area contributed by atoms with Crippen LogP contribution in [0, 0.1) is 6.92 Å². The van der Waals surface area contributed by atoms with E-state index in [1.165, 1.54) is 0 Å². The molecule has 7 nitrogen and oxygen atoms in total. The van der Waals surface area contributed by atoms with Crippen molar-refractivity contribution in [3.8, 4) is 17.2 Å². The molecule has 5 rings (SSSR count). The van der Waals surface area contributed by atoms with Crippen LogP contribution in [-0.2, 0) is 17.6 Å². The minimum Gasteiger partial charge on any atom is -0.493 e. The molecule has 32 heavy (non-hydrogen) atoms. The Balaban J connectivity index is 1.22. The Morgan fingerprint density at radius 2 is 1.97 bits per heavy atom. The number of oxazole rings is 1. The molecule has 2 aromatic heterocycles. The summed E-state index contributed by atoms with van der Waals surface area (Å²) in [6.45, 7) is 2.39. The number of nitrogens with one attached hydrogen (secondary N) is 2. The largest absolute Gasteiger partial charge is 0.493 e. The Kier molecular flexibility index (Phi) is 5.45. The van der Waals surface area contributed by atoms with Crippen LogP contribution in [0.5, 0.6) is 5.75 Å². The van der Waals surface area contributed by atoms with E-state index in [0.29, 0.717) is 25.3 Å². The highest BCUT2D eigenvalue weighted by molar-refractivity contribution is 8.15. The van der Waals surface area contributed by atoms with Crippen LogP contribution in [0.15, 0.2) is 59.0 Å². The smallest absolute Gasteiger partial charge is 0.286 e. The molecule has 8 heteroatoms. The lowest BCUT2D eigenvalue weighted by Crippen LogP contribution is -2.25. The number of rotatable bonds is 7. The number of ether oxygens (including phenoxy) is 1. The number of H-pyrrole nitrogens is 1. The summed E-state index contributed by atoms with van der Waals surface area (Å²) in [5.41, 5.74) is 3.71. The molecule has 3 heterocycles. The van der Waals surface area contributed by atoms with E-state index in [2.05, 4.69) is 15.3 Å². The fourth-order valence-electron chi connectivity index (χ4n) is 3.73. The number of imide groups is 1. The van der Waals surface area contributed by atoms with E-state index < -0.39 is 5.25 Å². The van der Waals surface area contributed by atoms with Crippen LogP contribution >= 0.6 is 11.8 Å². The number of aromatic amines is 1. The summed E-state index contributed by atoms with van der Waals surface area (Å²) in [7, 11) is 0. The molecule has 2 N–H and O–H groups in total.